The Balaban J connectivity index is 1.47. The summed E-state index contributed by atoms with van der Waals surface area (Å²) in [6.45, 7) is 1.73. The zero-order chi connectivity index (χ0) is 22.2. The van der Waals surface area contributed by atoms with Gasteiger partial charge in [-0.1, -0.05) is 48.5 Å². The lowest BCUT2D eigenvalue weighted by Gasteiger charge is -2.21. The minimum atomic E-state index is -3.51. The van der Waals surface area contributed by atoms with Crippen LogP contribution in [0.25, 0.3) is 0 Å². The monoisotopic (exact) mass is 445 g/mol. The summed E-state index contributed by atoms with van der Waals surface area (Å²) in [6, 6.07) is 14.8. The number of carbonyl (C=O) groups is 1. The number of hydrogen-bond donors (Lipinski definition) is 3. The van der Waals surface area contributed by atoms with Crippen LogP contribution in [0.3, 0.4) is 0 Å². The fourth-order valence-corrected chi connectivity index (χ4v) is 5.77. The van der Waals surface area contributed by atoms with Gasteiger partial charge < -0.3 is 14.9 Å². The normalized spacial score (nSPS) is 25.5. The van der Waals surface area contributed by atoms with Gasteiger partial charge >= 0.3 is 5.97 Å². The van der Waals surface area contributed by atoms with E-state index in [9.17, 15) is 23.4 Å². The molecule has 1 heterocycles. The topological polar surface area (TPSA) is 113 Å². The molecule has 166 valence electrons. The van der Waals surface area contributed by atoms with Crippen molar-refractivity contribution in [2.24, 2.45) is 5.92 Å². The number of nitrogens with one attached hydrogen (secondary N) is 1. The molecule has 2 aromatic carbocycles. The Bertz CT molecular complexity index is 1050. The molecule has 4 rings (SSSR count). The lowest BCUT2D eigenvalue weighted by Crippen LogP contribution is -2.36. The van der Waals surface area contributed by atoms with Crippen molar-refractivity contribution in [1.82, 2.24) is 4.72 Å². The molecule has 0 amide bonds. The molecule has 3 N–H and O–H groups in total. The van der Waals surface area contributed by atoms with Crippen LogP contribution in [0.2, 0.25) is 0 Å². The fraction of sp³-hybridized carbons (Fsp3) is 0.435. The fourth-order valence-electron chi connectivity index (χ4n) is 4.68. The standard InChI is InChI=1S/C23H27NO6S/c1-14(23(26)27)16-8-5-9-17-21-18(19(25)12-20(21)30-22(16)17)13-24-31(28,29)11-10-15-6-3-2-4-7-15/h2-9,14,18-21,24-25H,10-13H2,1H3,(H,26,27). The van der Waals surface area contributed by atoms with Crippen LogP contribution in [0.15, 0.2) is 48.5 Å². The summed E-state index contributed by atoms with van der Waals surface area (Å²) in [4.78, 5) is 11.5. The van der Waals surface area contributed by atoms with E-state index in [4.69, 9.17) is 4.74 Å². The number of sulfonamides is 1. The molecular weight excluding hydrogens is 418 g/mol. The van der Waals surface area contributed by atoms with Gasteiger partial charge in [-0.05, 0) is 18.9 Å². The number of aryl methyl sites for hydroxylation is 1. The number of hydrogen-bond acceptors (Lipinski definition) is 5. The van der Waals surface area contributed by atoms with E-state index in [2.05, 4.69) is 4.72 Å². The average Bonchev–Trinajstić information content (AvgIpc) is 3.25. The Hall–Kier alpha value is -2.42. The van der Waals surface area contributed by atoms with E-state index >= 15 is 0 Å². The minimum absolute atomic E-state index is 0.0265. The third kappa shape index (κ3) is 4.46. The van der Waals surface area contributed by atoms with Gasteiger partial charge in [0.25, 0.3) is 0 Å². The van der Waals surface area contributed by atoms with Gasteiger partial charge in [0.05, 0.1) is 17.8 Å². The van der Waals surface area contributed by atoms with E-state index in [1.165, 1.54) is 0 Å². The second-order valence-corrected chi connectivity index (χ2v) is 10.3. The molecule has 0 bridgehead atoms. The van der Waals surface area contributed by atoms with Gasteiger partial charge in [-0.2, -0.15) is 0 Å². The molecule has 1 saturated carbocycles. The van der Waals surface area contributed by atoms with Gasteiger partial charge in [-0.25, -0.2) is 13.1 Å². The van der Waals surface area contributed by atoms with Gasteiger partial charge in [-0.15, -0.1) is 0 Å². The number of aliphatic carboxylic acids is 1. The SMILES string of the molecule is CC(C(=O)O)c1cccc2c1OC1CC(O)C(CNS(=O)(=O)CCc3ccccc3)C21. The van der Waals surface area contributed by atoms with Gasteiger partial charge in [0.1, 0.15) is 11.9 Å². The van der Waals surface area contributed by atoms with E-state index in [1.807, 2.05) is 36.4 Å². The summed E-state index contributed by atoms with van der Waals surface area (Å²) in [6.07, 6.45) is -0.180. The lowest BCUT2D eigenvalue weighted by atomic mass is 9.86. The average molecular weight is 446 g/mol. The highest BCUT2D eigenvalue weighted by molar-refractivity contribution is 7.89. The second kappa shape index (κ2) is 8.61. The molecule has 0 spiro atoms. The van der Waals surface area contributed by atoms with Crippen molar-refractivity contribution >= 4 is 16.0 Å². The highest BCUT2D eigenvalue weighted by Crippen LogP contribution is 2.52. The van der Waals surface area contributed by atoms with E-state index in [1.54, 1.807) is 19.1 Å². The number of benzene rings is 2. The molecule has 31 heavy (non-hydrogen) atoms. The summed E-state index contributed by atoms with van der Waals surface area (Å²) in [5.74, 6) is -1.63. The Kier molecular flexibility index (Phi) is 6.05. The summed E-state index contributed by atoms with van der Waals surface area (Å²) in [5, 5.41) is 20.0. The number of carboxylic acid groups (broad SMARTS) is 1. The summed E-state index contributed by atoms with van der Waals surface area (Å²) >= 11 is 0. The first-order chi connectivity index (χ1) is 14.8. The smallest absolute Gasteiger partial charge is 0.310 e. The van der Waals surface area contributed by atoms with Crippen molar-refractivity contribution in [3.63, 3.8) is 0 Å². The number of para-hydroxylation sites is 1. The summed E-state index contributed by atoms with van der Waals surface area (Å²) in [7, 11) is -3.51. The number of carboxylic acids is 1. The van der Waals surface area contributed by atoms with Crippen molar-refractivity contribution in [2.45, 2.75) is 43.8 Å². The lowest BCUT2D eigenvalue weighted by molar-refractivity contribution is -0.138. The maximum absolute atomic E-state index is 12.5. The highest BCUT2D eigenvalue weighted by Gasteiger charge is 2.50. The van der Waals surface area contributed by atoms with Crippen LogP contribution in [0, 0.1) is 5.92 Å². The first-order valence-corrected chi connectivity index (χ1v) is 12.1. The Morgan fingerprint density at radius 1 is 1.19 bits per heavy atom. The second-order valence-electron chi connectivity index (χ2n) is 8.38. The third-order valence-corrected chi connectivity index (χ3v) is 7.76. The molecule has 5 atom stereocenters. The van der Waals surface area contributed by atoms with Crippen molar-refractivity contribution in [3.8, 4) is 5.75 Å². The van der Waals surface area contributed by atoms with Gasteiger partial charge in [-0.3, -0.25) is 4.79 Å². The van der Waals surface area contributed by atoms with Crippen LogP contribution in [0.5, 0.6) is 5.75 Å². The molecule has 2 aliphatic rings. The van der Waals surface area contributed by atoms with Crippen LogP contribution in [0.1, 0.15) is 41.9 Å². The van der Waals surface area contributed by atoms with E-state index in [-0.39, 0.29) is 30.2 Å². The highest BCUT2D eigenvalue weighted by atomic mass is 32.2. The first-order valence-electron chi connectivity index (χ1n) is 10.5. The van der Waals surface area contributed by atoms with Crippen molar-refractivity contribution < 1.29 is 28.2 Å². The summed E-state index contributed by atoms with van der Waals surface area (Å²) in [5.41, 5.74) is 2.41. The first kappa shape index (κ1) is 21.8. The van der Waals surface area contributed by atoms with Crippen LogP contribution < -0.4 is 9.46 Å². The Morgan fingerprint density at radius 3 is 2.65 bits per heavy atom. The predicted molar refractivity (Wildman–Crippen MR) is 116 cm³/mol. The maximum Gasteiger partial charge on any atom is 0.310 e. The van der Waals surface area contributed by atoms with Crippen LogP contribution in [-0.2, 0) is 21.2 Å². The molecule has 1 aliphatic carbocycles. The molecule has 0 aromatic heterocycles. The number of fused-ring (bicyclic) bond motifs is 3. The van der Waals surface area contributed by atoms with Crippen LogP contribution in [-0.4, -0.2) is 49.1 Å². The third-order valence-electron chi connectivity index (χ3n) is 6.41. The van der Waals surface area contributed by atoms with Gasteiger partial charge in [0, 0.05) is 35.9 Å². The largest absolute Gasteiger partial charge is 0.489 e. The van der Waals surface area contributed by atoms with Crippen molar-refractivity contribution in [3.05, 3.63) is 65.2 Å². The van der Waals surface area contributed by atoms with E-state index in [0.717, 1.165) is 11.1 Å². The Morgan fingerprint density at radius 2 is 1.94 bits per heavy atom. The van der Waals surface area contributed by atoms with Crippen molar-refractivity contribution in [2.75, 3.05) is 12.3 Å². The maximum atomic E-state index is 12.5. The number of aliphatic hydroxyl groups is 1. The molecule has 0 saturated heterocycles. The summed E-state index contributed by atoms with van der Waals surface area (Å²) < 4.78 is 33.8. The molecule has 7 nitrogen and oxygen atoms in total. The molecule has 0 radical (unpaired) electrons. The van der Waals surface area contributed by atoms with E-state index < -0.39 is 28.0 Å². The van der Waals surface area contributed by atoms with Crippen LogP contribution >= 0.6 is 0 Å². The number of aliphatic hydroxyl groups excluding tert-OH is 1. The molecule has 8 heteroatoms. The molecule has 1 aliphatic heterocycles. The molecule has 2 aromatic rings. The van der Waals surface area contributed by atoms with Crippen molar-refractivity contribution in [1.29, 1.82) is 0 Å². The van der Waals surface area contributed by atoms with Crippen LogP contribution in [0.4, 0.5) is 0 Å². The zero-order valence-corrected chi connectivity index (χ0v) is 18.1. The van der Waals surface area contributed by atoms with Gasteiger partial charge in [0.2, 0.25) is 10.0 Å². The number of rotatable bonds is 8. The predicted octanol–water partition coefficient (Wildman–Crippen LogP) is 2.26. The minimum Gasteiger partial charge on any atom is -0.489 e. The molecule has 5 unspecified atom stereocenters. The van der Waals surface area contributed by atoms with Gasteiger partial charge in [0.15, 0.2) is 0 Å². The molecular formula is C23H27NO6S. The molecule has 1 fully saturated rings. The quantitative estimate of drug-likeness (QED) is 0.575. The van der Waals surface area contributed by atoms with E-state index in [0.29, 0.717) is 24.2 Å². The Labute approximate surface area is 182 Å². The zero-order valence-electron chi connectivity index (χ0n) is 17.3. The number of ether oxygens (including phenoxy) is 1.